The van der Waals surface area contributed by atoms with Crippen molar-refractivity contribution < 1.29 is 0 Å². The summed E-state index contributed by atoms with van der Waals surface area (Å²) in [6.45, 7) is 3.31. The van der Waals surface area contributed by atoms with Gasteiger partial charge in [-0.1, -0.05) is 60.7 Å². The Morgan fingerprint density at radius 1 is 0.842 bits per heavy atom. The average molecular weight is 253 g/mol. The average Bonchev–Trinajstić information content (AvgIpc) is 2.49. The minimum atomic E-state index is 0.443. The Kier molecular flexibility index (Phi) is 5.64. The fourth-order valence-electron chi connectivity index (χ4n) is 2.28. The highest BCUT2D eigenvalue weighted by Crippen LogP contribution is 2.11. The van der Waals surface area contributed by atoms with Crippen LogP contribution in [0.5, 0.6) is 0 Å². The van der Waals surface area contributed by atoms with Gasteiger partial charge in [0.05, 0.1) is 0 Å². The Labute approximate surface area is 116 Å². The molecule has 100 valence electrons. The van der Waals surface area contributed by atoms with Crippen LogP contribution in [0.25, 0.3) is 0 Å². The molecule has 0 saturated carbocycles. The Hall–Kier alpha value is -1.60. The molecule has 0 aliphatic rings. The molecule has 0 radical (unpaired) electrons. The van der Waals surface area contributed by atoms with E-state index in [1.807, 2.05) is 0 Å². The smallest absolute Gasteiger partial charge is 0.0291 e. The molecule has 0 aliphatic carbocycles. The molecule has 0 heterocycles. The number of rotatable bonds is 7. The number of hydrogen-bond acceptors (Lipinski definition) is 1. The summed E-state index contributed by atoms with van der Waals surface area (Å²) in [6, 6.07) is 21.8. The van der Waals surface area contributed by atoms with Crippen molar-refractivity contribution in [1.82, 2.24) is 5.32 Å². The minimum absolute atomic E-state index is 0.443. The first-order chi connectivity index (χ1) is 9.36. The van der Waals surface area contributed by atoms with Gasteiger partial charge in [0.2, 0.25) is 0 Å². The van der Waals surface area contributed by atoms with Crippen LogP contribution in [0.1, 0.15) is 36.9 Å². The van der Waals surface area contributed by atoms with Crippen molar-refractivity contribution in [3.05, 3.63) is 71.8 Å². The first-order valence-corrected chi connectivity index (χ1v) is 7.18. The molecule has 2 rings (SSSR count). The second-order valence-electron chi connectivity index (χ2n) is 5.03. The summed E-state index contributed by atoms with van der Waals surface area (Å²) in [5, 5.41) is 3.59. The zero-order chi connectivity index (χ0) is 13.3. The van der Waals surface area contributed by atoms with Gasteiger partial charge in [0.25, 0.3) is 0 Å². The highest BCUT2D eigenvalue weighted by Gasteiger charge is 2.02. The van der Waals surface area contributed by atoms with Crippen molar-refractivity contribution in [2.24, 2.45) is 0 Å². The molecule has 0 aliphatic heterocycles. The van der Waals surface area contributed by atoms with Crippen LogP contribution < -0.4 is 5.32 Å². The summed E-state index contributed by atoms with van der Waals surface area (Å²) in [5.74, 6) is 0. The van der Waals surface area contributed by atoms with Gasteiger partial charge in [-0.05, 0) is 43.9 Å². The van der Waals surface area contributed by atoms with E-state index in [1.54, 1.807) is 0 Å². The van der Waals surface area contributed by atoms with E-state index in [2.05, 4.69) is 72.9 Å². The lowest BCUT2D eigenvalue weighted by Crippen LogP contribution is -2.19. The maximum atomic E-state index is 3.59. The van der Waals surface area contributed by atoms with E-state index in [0.717, 1.165) is 6.54 Å². The summed E-state index contributed by atoms with van der Waals surface area (Å²) in [5.41, 5.74) is 2.81. The number of hydrogen-bond donors (Lipinski definition) is 1. The maximum absolute atomic E-state index is 3.59. The van der Waals surface area contributed by atoms with Crippen LogP contribution in [0.3, 0.4) is 0 Å². The van der Waals surface area contributed by atoms with E-state index in [4.69, 9.17) is 0 Å². The highest BCUT2D eigenvalue weighted by molar-refractivity contribution is 5.18. The molecule has 1 atom stereocenters. The summed E-state index contributed by atoms with van der Waals surface area (Å²) in [4.78, 5) is 0. The molecular weight excluding hydrogens is 230 g/mol. The van der Waals surface area contributed by atoms with E-state index in [-0.39, 0.29) is 0 Å². The van der Waals surface area contributed by atoms with Gasteiger partial charge in [-0.25, -0.2) is 0 Å². The molecule has 19 heavy (non-hydrogen) atoms. The lowest BCUT2D eigenvalue weighted by atomic mass is 10.1. The third kappa shape index (κ3) is 4.88. The summed E-state index contributed by atoms with van der Waals surface area (Å²) >= 11 is 0. The Morgan fingerprint density at radius 3 is 2.16 bits per heavy atom. The molecule has 2 aromatic carbocycles. The fraction of sp³-hybridized carbons (Fsp3) is 0.333. The van der Waals surface area contributed by atoms with Crippen LogP contribution in [0.15, 0.2) is 60.7 Å². The number of benzene rings is 2. The van der Waals surface area contributed by atoms with Crippen LogP contribution in [-0.4, -0.2) is 6.54 Å². The molecule has 0 saturated heterocycles. The minimum Gasteiger partial charge on any atom is -0.310 e. The maximum Gasteiger partial charge on any atom is 0.0291 e. The molecule has 1 nitrogen and oxygen atoms in total. The van der Waals surface area contributed by atoms with Crippen LogP contribution >= 0.6 is 0 Å². The van der Waals surface area contributed by atoms with Crippen LogP contribution in [-0.2, 0) is 6.42 Å². The first-order valence-electron chi connectivity index (χ1n) is 7.18. The summed E-state index contributed by atoms with van der Waals surface area (Å²) in [6.07, 6.45) is 3.66. The van der Waals surface area contributed by atoms with Crippen molar-refractivity contribution in [3.63, 3.8) is 0 Å². The summed E-state index contributed by atoms with van der Waals surface area (Å²) < 4.78 is 0. The van der Waals surface area contributed by atoms with E-state index < -0.39 is 0 Å². The molecule has 2 aromatic rings. The predicted octanol–water partition coefficient (Wildman–Crippen LogP) is 4.36. The lowest BCUT2D eigenvalue weighted by molar-refractivity contribution is 0.546. The highest BCUT2D eigenvalue weighted by atomic mass is 14.9. The molecule has 0 fully saturated rings. The number of unbranched alkanes of at least 4 members (excludes halogenated alkanes) is 1. The van der Waals surface area contributed by atoms with Gasteiger partial charge in [0.15, 0.2) is 0 Å². The zero-order valence-corrected chi connectivity index (χ0v) is 11.7. The van der Waals surface area contributed by atoms with Crippen LogP contribution in [0.4, 0.5) is 0 Å². The largest absolute Gasteiger partial charge is 0.310 e. The Bertz CT molecular complexity index is 450. The second kappa shape index (κ2) is 7.75. The van der Waals surface area contributed by atoms with Crippen molar-refractivity contribution in [2.45, 2.75) is 32.2 Å². The van der Waals surface area contributed by atoms with E-state index in [9.17, 15) is 0 Å². The Balaban J connectivity index is 1.62. The van der Waals surface area contributed by atoms with Gasteiger partial charge in [0.1, 0.15) is 0 Å². The molecule has 0 unspecified atom stereocenters. The molecule has 0 bridgehead atoms. The lowest BCUT2D eigenvalue weighted by Gasteiger charge is -2.14. The van der Waals surface area contributed by atoms with Gasteiger partial charge in [-0.15, -0.1) is 0 Å². The van der Waals surface area contributed by atoms with Crippen LogP contribution in [0, 0.1) is 0 Å². The monoisotopic (exact) mass is 253 g/mol. The molecule has 0 amide bonds. The standard InChI is InChI=1S/C18H23N/c1-16(18-13-6-3-7-14-18)19-15-9-8-12-17-10-4-2-5-11-17/h2-7,10-11,13-14,16,19H,8-9,12,15H2,1H3/t16-/m0/s1. The molecule has 0 aromatic heterocycles. The third-order valence-electron chi connectivity index (χ3n) is 3.49. The molecular formula is C18H23N. The number of aryl methyl sites for hydroxylation is 1. The topological polar surface area (TPSA) is 12.0 Å². The van der Waals surface area contributed by atoms with E-state index in [1.165, 1.54) is 30.4 Å². The third-order valence-corrected chi connectivity index (χ3v) is 3.49. The van der Waals surface area contributed by atoms with Crippen molar-refractivity contribution in [3.8, 4) is 0 Å². The second-order valence-corrected chi connectivity index (χ2v) is 5.03. The zero-order valence-electron chi connectivity index (χ0n) is 11.7. The first kappa shape index (κ1) is 13.8. The SMILES string of the molecule is C[C@H](NCCCCc1ccccc1)c1ccccc1. The van der Waals surface area contributed by atoms with Gasteiger partial charge in [-0.3, -0.25) is 0 Å². The van der Waals surface area contributed by atoms with E-state index >= 15 is 0 Å². The summed E-state index contributed by atoms with van der Waals surface area (Å²) in [7, 11) is 0. The normalized spacial score (nSPS) is 12.3. The fourth-order valence-corrected chi connectivity index (χ4v) is 2.28. The molecule has 0 spiro atoms. The predicted molar refractivity (Wildman–Crippen MR) is 82.2 cm³/mol. The van der Waals surface area contributed by atoms with Gasteiger partial charge >= 0.3 is 0 Å². The Morgan fingerprint density at radius 2 is 1.47 bits per heavy atom. The molecule has 1 N–H and O–H groups in total. The van der Waals surface area contributed by atoms with Crippen molar-refractivity contribution >= 4 is 0 Å². The van der Waals surface area contributed by atoms with Gasteiger partial charge in [-0.2, -0.15) is 0 Å². The quantitative estimate of drug-likeness (QED) is 0.723. The van der Waals surface area contributed by atoms with Crippen LogP contribution in [0.2, 0.25) is 0 Å². The van der Waals surface area contributed by atoms with Crippen molar-refractivity contribution in [1.29, 1.82) is 0 Å². The van der Waals surface area contributed by atoms with E-state index in [0.29, 0.717) is 6.04 Å². The number of nitrogens with one attached hydrogen (secondary N) is 1. The molecule has 1 heteroatoms. The van der Waals surface area contributed by atoms with Gasteiger partial charge in [0, 0.05) is 6.04 Å². The van der Waals surface area contributed by atoms with Gasteiger partial charge < -0.3 is 5.32 Å². The van der Waals surface area contributed by atoms with Crippen molar-refractivity contribution in [2.75, 3.05) is 6.54 Å².